The van der Waals surface area contributed by atoms with Crippen LogP contribution in [0.15, 0.2) is 36.4 Å². The topological polar surface area (TPSA) is 67.9 Å². The molecule has 28 heavy (non-hydrogen) atoms. The molecular formula is C22H28N2O4. The summed E-state index contributed by atoms with van der Waals surface area (Å²) in [6, 6.07) is 11.1. The molecule has 2 aromatic carbocycles. The highest BCUT2D eigenvalue weighted by molar-refractivity contribution is 5.94. The van der Waals surface area contributed by atoms with Gasteiger partial charge in [0, 0.05) is 18.3 Å². The second-order valence-electron chi connectivity index (χ2n) is 6.70. The van der Waals surface area contributed by atoms with Gasteiger partial charge in [0.05, 0.1) is 13.7 Å². The van der Waals surface area contributed by atoms with Crippen molar-refractivity contribution in [3.05, 3.63) is 53.1 Å². The van der Waals surface area contributed by atoms with Gasteiger partial charge in [-0.15, -0.1) is 0 Å². The van der Waals surface area contributed by atoms with Crippen molar-refractivity contribution < 1.29 is 19.1 Å². The summed E-state index contributed by atoms with van der Waals surface area (Å²) >= 11 is 0. The van der Waals surface area contributed by atoms with Gasteiger partial charge in [-0.05, 0) is 51.0 Å². The number of ether oxygens (including phenoxy) is 2. The fourth-order valence-corrected chi connectivity index (χ4v) is 3.07. The summed E-state index contributed by atoms with van der Waals surface area (Å²) < 4.78 is 10.9. The van der Waals surface area contributed by atoms with Crippen molar-refractivity contribution in [2.45, 2.75) is 27.7 Å². The molecule has 0 saturated heterocycles. The van der Waals surface area contributed by atoms with Crippen LogP contribution in [0.25, 0.3) is 0 Å². The van der Waals surface area contributed by atoms with Crippen molar-refractivity contribution >= 4 is 17.5 Å². The summed E-state index contributed by atoms with van der Waals surface area (Å²) in [5.41, 5.74) is 3.75. The zero-order valence-electron chi connectivity index (χ0n) is 17.2. The summed E-state index contributed by atoms with van der Waals surface area (Å²) in [5.74, 6) is 0.864. The number of carbonyl (C=O) groups excluding carboxylic acids is 2. The number of hydrogen-bond donors (Lipinski definition) is 1. The first-order valence-corrected chi connectivity index (χ1v) is 9.26. The lowest BCUT2D eigenvalue weighted by molar-refractivity contribution is -0.136. The molecule has 0 aliphatic rings. The normalized spacial score (nSPS) is 10.3. The SMILES string of the molecule is CCN(CC(=O)Nc1cccc(OC)c1)C(=O)COc1c(C)cc(C)cc1C. The van der Waals surface area contributed by atoms with Crippen molar-refractivity contribution in [2.24, 2.45) is 0 Å². The molecule has 6 nitrogen and oxygen atoms in total. The molecule has 2 amide bonds. The fourth-order valence-electron chi connectivity index (χ4n) is 3.07. The third-order valence-corrected chi connectivity index (χ3v) is 4.37. The van der Waals surface area contributed by atoms with Crippen LogP contribution in [0, 0.1) is 20.8 Å². The lowest BCUT2D eigenvalue weighted by Gasteiger charge is -2.21. The average molecular weight is 384 g/mol. The van der Waals surface area contributed by atoms with E-state index in [1.54, 1.807) is 31.4 Å². The summed E-state index contributed by atoms with van der Waals surface area (Å²) in [6.07, 6.45) is 0. The summed E-state index contributed by atoms with van der Waals surface area (Å²) in [6.45, 7) is 8.04. The van der Waals surface area contributed by atoms with Gasteiger partial charge in [-0.25, -0.2) is 0 Å². The Bertz CT molecular complexity index is 825. The fraction of sp³-hybridized carbons (Fsp3) is 0.364. The molecule has 0 radical (unpaired) electrons. The van der Waals surface area contributed by atoms with E-state index in [2.05, 4.69) is 5.32 Å². The predicted octanol–water partition coefficient (Wildman–Crippen LogP) is 3.49. The highest BCUT2D eigenvalue weighted by Crippen LogP contribution is 2.24. The van der Waals surface area contributed by atoms with Gasteiger partial charge < -0.3 is 19.7 Å². The van der Waals surface area contributed by atoms with Gasteiger partial charge in [0.1, 0.15) is 11.5 Å². The second-order valence-corrected chi connectivity index (χ2v) is 6.70. The van der Waals surface area contributed by atoms with Crippen molar-refractivity contribution in [2.75, 3.05) is 32.1 Å². The Morgan fingerprint density at radius 2 is 1.75 bits per heavy atom. The maximum atomic E-state index is 12.5. The van der Waals surface area contributed by atoms with Crippen LogP contribution in [0.1, 0.15) is 23.6 Å². The van der Waals surface area contributed by atoms with Crippen molar-refractivity contribution in [1.29, 1.82) is 0 Å². The zero-order valence-corrected chi connectivity index (χ0v) is 17.2. The molecule has 0 spiro atoms. The summed E-state index contributed by atoms with van der Waals surface area (Å²) in [7, 11) is 1.57. The largest absolute Gasteiger partial charge is 0.497 e. The van der Waals surface area contributed by atoms with E-state index < -0.39 is 0 Å². The first-order valence-electron chi connectivity index (χ1n) is 9.26. The number of anilines is 1. The molecule has 2 rings (SSSR count). The van der Waals surface area contributed by atoms with Crippen LogP contribution >= 0.6 is 0 Å². The molecule has 1 N–H and O–H groups in total. The maximum Gasteiger partial charge on any atom is 0.260 e. The summed E-state index contributed by atoms with van der Waals surface area (Å²) in [5, 5.41) is 2.78. The number of methoxy groups -OCH3 is 1. The van der Waals surface area contributed by atoms with E-state index in [1.807, 2.05) is 39.8 Å². The molecule has 6 heteroatoms. The van der Waals surface area contributed by atoms with Crippen LogP contribution in [0.4, 0.5) is 5.69 Å². The molecule has 0 aliphatic heterocycles. The van der Waals surface area contributed by atoms with E-state index in [4.69, 9.17) is 9.47 Å². The van der Waals surface area contributed by atoms with Gasteiger partial charge in [0.15, 0.2) is 6.61 Å². The van der Waals surface area contributed by atoms with E-state index in [1.165, 1.54) is 4.90 Å². The first kappa shape index (κ1) is 21.3. The monoisotopic (exact) mass is 384 g/mol. The van der Waals surface area contributed by atoms with Crippen LogP contribution in [-0.2, 0) is 9.59 Å². The van der Waals surface area contributed by atoms with Crippen molar-refractivity contribution in [3.8, 4) is 11.5 Å². The van der Waals surface area contributed by atoms with Crippen LogP contribution in [0.3, 0.4) is 0 Å². The Kier molecular flexibility index (Phi) is 7.44. The van der Waals surface area contributed by atoms with Gasteiger partial charge in [0.25, 0.3) is 5.91 Å². The maximum absolute atomic E-state index is 12.5. The number of nitrogens with zero attached hydrogens (tertiary/aromatic N) is 1. The van der Waals surface area contributed by atoms with Gasteiger partial charge in [0.2, 0.25) is 5.91 Å². The Balaban J connectivity index is 1.94. The minimum Gasteiger partial charge on any atom is -0.497 e. The molecule has 0 saturated carbocycles. The number of carbonyl (C=O) groups is 2. The van der Waals surface area contributed by atoms with E-state index in [9.17, 15) is 9.59 Å². The molecule has 0 atom stereocenters. The molecule has 0 aliphatic carbocycles. The Labute approximate surface area is 166 Å². The lowest BCUT2D eigenvalue weighted by Crippen LogP contribution is -2.40. The van der Waals surface area contributed by atoms with Crippen LogP contribution < -0.4 is 14.8 Å². The number of likely N-dealkylation sites (N-methyl/N-ethyl adjacent to an activating group) is 1. The van der Waals surface area contributed by atoms with Crippen LogP contribution in [-0.4, -0.2) is 43.5 Å². The smallest absolute Gasteiger partial charge is 0.260 e. The van der Waals surface area contributed by atoms with Gasteiger partial charge in [-0.3, -0.25) is 9.59 Å². The van der Waals surface area contributed by atoms with Gasteiger partial charge in [-0.2, -0.15) is 0 Å². The number of rotatable bonds is 8. The molecule has 150 valence electrons. The van der Waals surface area contributed by atoms with E-state index in [0.717, 1.165) is 22.4 Å². The number of benzene rings is 2. The Morgan fingerprint density at radius 1 is 1.07 bits per heavy atom. The quantitative estimate of drug-likeness (QED) is 0.757. The number of nitrogens with one attached hydrogen (secondary N) is 1. The number of amides is 2. The van der Waals surface area contributed by atoms with Crippen molar-refractivity contribution in [3.63, 3.8) is 0 Å². The van der Waals surface area contributed by atoms with Crippen molar-refractivity contribution in [1.82, 2.24) is 4.90 Å². The Hall–Kier alpha value is -3.02. The third kappa shape index (κ3) is 5.74. The molecule has 0 fully saturated rings. The molecule has 0 bridgehead atoms. The lowest BCUT2D eigenvalue weighted by atomic mass is 10.1. The number of hydrogen-bond acceptors (Lipinski definition) is 4. The molecule has 2 aromatic rings. The highest BCUT2D eigenvalue weighted by atomic mass is 16.5. The predicted molar refractivity (Wildman–Crippen MR) is 110 cm³/mol. The van der Waals surface area contributed by atoms with E-state index in [0.29, 0.717) is 18.0 Å². The molecular weight excluding hydrogens is 356 g/mol. The standard InChI is InChI=1S/C22H28N2O4/c1-6-24(13-20(25)23-18-8-7-9-19(12-18)27-5)21(26)14-28-22-16(3)10-15(2)11-17(22)4/h7-12H,6,13-14H2,1-5H3,(H,23,25). The molecule has 0 unspecified atom stereocenters. The molecule has 0 aromatic heterocycles. The van der Waals surface area contributed by atoms with Gasteiger partial charge >= 0.3 is 0 Å². The van der Waals surface area contributed by atoms with E-state index in [-0.39, 0.29) is 25.0 Å². The highest BCUT2D eigenvalue weighted by Gasteiger charge is 2.17. The Morgan fingerprint density at radius 3 is 2.36 bits per heavy atom. The average Bonchev–Trinajstić information content (AvgIpc) is 2.65. The second kappa shape index (κ2) is 9.78. The third-order valence-electron chi connectivity index (χ3n) is 4.37. The minimum atomic E-state index is -0.272. The van der Waals surface area contributed by atoms with Gasteiger partial charge in [-0.1, -0.05) is 23.8 Å². The van der Waals surface area contributed by atoms with E-state index >= 15 is 0 Å². The van der Waals surface area contributed by atoms with Crippen LogP contribution in [0.5, 0.6) is 11.5 Å². The zero-order chi connectivity index (χ0) is 20.7. The molecule has 0 heterocycles. The minimum absolute atomic E-state index is 0.0399. The summed E-state index contributed by atoms with van der Waals surface area (Å²) in [4.78, 5) is 26.3. The first-order chi connectivity index (χ1) is 13.3. The van der Waals surface area contributed by atoms with Crippen LogP contribution in [0.2, 0.25) is 0 Å². The number of aryl methyl sites for hydroxylation is 3.